The SMILES string of the molecule is c1ccc(-c2ccccc2-c2ccc(N(c3ccccc3)c3ccc(-n4c5ccccc5c5ccc6ccccc6c54)cc3)cc2)cc1. The molecule has 0 N–H and O–H groups in total. The van der Waals surface area contributed by atoms with Crippen LogP contribution in [-0.4, -0.2) is 4.57 Å². The summed E-state index contributed by atoms with van der Waals surface area (Å²) < 4.78 is 2.42. The van der Waals surface area contributed by atoms with Crippen LogP contribution < -0.4 is 4.90 Å². The summed E-state index contributed by atoms with van der Waals surface area (Å²) >= 11 is 0. The average molecular weight is 613 g/mol. The summed E-state index contributed by atoms with van der Waals surface area (Å²) in [7, 11) is 0. The first kappa shape index (κ1) is 27.9. The summed E-state index contributed by atoms with van der Waals surface area (Å²) in [4.78, 5) is 2.33. The van der Waals surface area contributed by atoms with Gasteiger partial charge in [-0.05, 0) is 82.2 Å². The standard InChI is InChI=1S/C46H32N2/c1-3-13-33(14-4-1)40-18-9-10-19-41(40)35-23-26-37(27-24-35)47(36-16-5-2-6-17-36)38-28-30-39(31-29-38)48-45-22-12-11-21-43(45)44-32-25-34-15-7-8-20-42(34)46(44)48/h1-32H. The van der Waals surface area contributed by atoms with Crippen LogP contribution in [0.2, 0.25) is 0 Å². The molecular weight excluding hydrogens is 581 g/mol. The number of aromatic nitrogens is 1. The Kier molecular flexibility index (Phi) is 6.84. The largest absolute Gasteiger partial charge is 0.311 e. The third-order valence-electron chi connectivity index (χ3n) is 9.39. The number of benzene rings is 8. The molecule has 8 aromatic carbocycles. The van der Waals surface area contributed by atoms with Crippen LogP contribution in [0.25, 0.3) is 60.5 Å². The molecule has 0 aliphatic heterocycles. The number of hydrogen-bond donors (Lipinski definition) is 0. The maximum Gasteiger partial charge on any atom is 0.0619 e. The van der Waals surface area contributed by atoms with E-state index in [9.17, 15) is 0 Å². The van der Waals surface area contributed by atoms with Crippen LogP contribution in [-0.2, 0) is 0 Å². The van der Waals surface area contributed by atoms with Crippen molar-refractivity contribution in [1.82, 2.24) is 4.57 Å². The van der Waals surface area contributed by atoms with Crippen LogP contribution >= 0.6 is 0 Å². The van der Waals surface area contributed by atoms with Crippen LogP contribution in [0, 0.1) is 0 Å². The fraction of sp³-hybridized carbons (Fsp3) is 0. The summed E-state index contributed by atoms with van der Waals surface area (Å²) in [5, 5.41) is 5.04. The van der Waals surface area contributed by atoms with Gasteiger partial charge in [0.2, 0.25) is 0 Å². The highest BCUT2D eigenvalue weighted by molar-refractivity contribution is 6.18. The molecule has 0 aliphatic rings. The zero-order valence-corrected chi connectivity index (χ0v) is 26.4. The molecule has 1 aromatic heterocycles. The van der Waals surface area contributed by atoms with Crippen LogP contribution in [0.3, 0.4) is 0 Å². The van der Waals surface area contributed by atoms with Gasteiger partial charge in [-0.25, -0.2) is 0 Å². The van der Waals surface area contributed by atoms with Crippen molar-refractivity contribution in [2.45, 2.75) is 0 Å². The van der Waals surface area contributed by atoms with Crippen LogP contribution in [0.5, 0.6) is 0 Å². The minimum atomic E-state index is 1.10. The molecule has 0 saturated heterocycles. The predicted octanol–water partition coefficient (Wildman–Crippen LogP) is 12.7. The van der Waals surface area contributed by atoms with Crippen LogP contribution in [0.1, 0.15) is 0 Å². The molecule has 226 valence electrons. The van der Waals surface area contributed by atoms with Crippen molar-refractivity contribution in [3.63, 3.8) is 0 Å². The average Bonchev–Trinajstić information content (AvgIpc) is 3.51. The van der Waals surface area contributed by atoms with Crippen molar-refractivity contribution in [1.29, 1.82) is 0 Å². The summed E-state index contributed by atoms with van der Waals surface area (Å²) in [5.74, 6) is 0. The lowest BCUT2D eigenvalue weighted by molar-refractivity contribution is 1.18. The molecule has 48 heavy (non-hydrogen) atoms. The first-order chi connectivity index (χ1) is 23.8. The van der Waals surface area contributed by atoms with E-state index in [0.717, 1.165) is 22.7 Å². The molecule has 0 amide bonds. The van der Waals surface area contributed by atoms with Crippen LogP contribution in [0.15, 0.2) is 194 Å². The summed E-state index contributed by atoms with van der Waals surface area (Å²) in [6.07, 6.45) is 0. The van der Waals surface area contributed by atoms with E-state index in [2.05, 4.69) is 204 Å². The lowest BCUT2D eigenvalue weighted by Gasteiger charge is -2.26. The van der Waals surface area contributed by atoms with Gasteiger partial charge in [0.25, 0.3) is 0 Å². The van der Waals surface area contributed by atoms with Crippen molar-refractivity contribution in [3.8, 4) is 27.9 Å². The molecule has 0 fully saturated rings. The van der Waals surface area contributed by atoms with Crippen molar-refractivity contribution < 1.29 is 0 Å². The number of para-hydroxylation sites is 2. The maximum atomic E-state index is 2.42. The molecule has 0 atom stereocenters. The van der Waals surface area contributed by atoms with Crippen LogP contribution in [0.4, 0.5) is 17.1 Å². The quantitative estimate of drug-likeness (QED) is 0.181. The second-order valence-corrected chi connectivity index (χ2v) is 12.2. The molecule has 0 unspecified atom stereocenters. The monoisotopic (exact) mass is 612 g/mol. The fourth-order valence-electron chi connectivity index (χ4n) is 7.17. The van der Waals surface area contributed by atoms with Gasteiger partial charge < -0.3 is 9.47 Å². The zero-order chi connectivity index (χ0) is 31.9. The van der Waals surface area contributed by atoms with Gasteiger partial charge >= 0.3 is 0 Å². The molecule has 1 heterocycles. The fourth-order valence-corrected chi connectivity index (χ4v) is 7.17. The van der Waals surface area contributed by atoms with Crippen molar-refractivity contribution in [2.75, 3.05) is 4.90 Å². The molecule has 2 heteroatoms. The van der Waals surface area contributed by atoms with E-state index in [1.807, 2.05) is 0 Å². The third-order valence-corrected chi connectivity index (χ3v) is 9.39. The topological polar surface area (TPSA) is 8.17 Å². The van der Waals surface area contributed by atoms with E-state index >= 15 is 0 Å². The molecule has 0 radical (unpaired) electrons. The molecular formula is C46H32N2. The number of nitrogens with zero attached hydrogens (tertiary/aromatic N) is 2. The maximum absolute atomic E-state index is 2.42. The molecule has 9 rings (SSSR count). The Bertz CT molecular complexity index is 2530. The third kappa shape index (κ3) is 4.74. The highest BCUT2D eigenvalue weighted by Crippen LogP contribution is 2.40. The normalized spacial score (nSPS) is 11.3. The van der Waals surface area contributed by atoms with Crippen molar-refractivity contribution in [3.05, 3.63) is 194 Å². The van der Waals surface area contributed by atoms with Gasteiger partial charge in [0.1, 0.15) is 0 Å². The summed E-state index contributed by atoms with van der Waals surface area (Å²) in [6.45, 7) is 0. The molecule has 2 nitrogen and oxygen atoms in total. The molecule has 0 spiro atoms. The lowest BCUT2D eigenvalue weighted by Crippen LogP contribution is -2.10. The van der Waals surface area contributed by atoms with E-state index in [0.29, 0.717) is 0 Å². The van der Waals surface area contributed by atoms with Gasteiger partial charge in [-0.1, -0.05) is 140 Å². The zero-order valence-electron chi connectivity index (χ0n) is 26.4. The minimum absolute atomic E-state index is 1.10. The lowest BCUT2D eigenvalue weighted by atomic mass is 9.94. The Morgan fingerprint density at radius 2 is 0.854 bits per heavy atom. The van der Waals surface area contributed by atoms with E-state index in [-0.39, 0.29) is 0 Å². The number of fused-ring (bicyclic) bond motifs is 5. The highest BCUT2D eigenvalue weighted by atomic mass is 15.1. The Hall–Kier alpha value is -6.38. The van der Waals surface area contributed by atoms with Gasteiger partial charge in [0.05, 0.1) is 11.0 Å². The van der Waals surface area contributed by atoms with E-state index in [4.69, 9.17) is 0 Å². The van der Waals surface area contributed by atoms with Gasteiger partial charge in [0, 0.05) is 38.9 Å². The predicted molar refractivity (Wildman–Crippen MR) is 204 cm³/mol. The highest BCUT2D eigenvalue weighted by Gasteiger charge is 2.17. The Morgan fingerprint density at radius 1 is 0.333 bits per heavy atom. The Morgan fingerprint density at radius 3 is 1.56 bits per heavy atom. The molecule has 0 aliphatic carbocycles. The molecule has 0 bridgehead atoms. The van der Waals surface area contributed by atoms with Gasteiger partial charge in [-0.2, -0.15) is 0 Å². The van der Waals surface area contributed by atoms with Crippen molar-refractivity contribution in [2.24, 2.45) is 0 Å². The number of hydrogen-bond acceptors (Lipinski definition) is 1. The summed E-state index contributed by atoms with van der Waals surface area (Å²) in [5.41, 5.74) is 11.8. The first-order valence-corrected chi connectivity index (χ1v) is 16.4. The van der Waals surface area contributed by atoms with Crippen molar-refractivity contribution >= 4 is 49.6 Å². The summed E-state index contributed by atoms with van der Waals surface area (Å²) in [6, 6.07) is 69.7. The van der Waals surface area contributed by atoms with E-state index in [1.54, 1.807) is 0 Å². The number of anilines is 3. The minimum Gasteiger partial charge on any atom is -0.311 e. The first-order valence-electron chi connectivity index (χ1n) is 16.4. The molecule has 9 aromatic rings. The van der Waals surface area contributed by atoms with Gasteiger partial charge in [-0.3, -0.25) is 0 Å². The smallest absolute Gasteiger partial charge is 0.0619 e. The van der Waals surface area contributed by atoms with Gasteiger partial charge in [-0.15, -0.1) is 0 Å². The molecule has 0 saturated carbocycles. The second kappa shape index (κ2) is 11.8. The number of rotatable bonds is 6. The second-order valence-electron chi connectivity index (χ2n) is 12.2. The van der Waals surface area contributed by atoms with Gasteiger partial charge in [0.15, 0.2) is 0 Å². The van der Waals surface area contributed by atoms with E-state index in [1.165, 1.54) is 54.8 Å². The Balaban J connectivity index is 1.14. The Labute approximate surface area is 280 Å². The van der Waals surface area contributed by atoms with E-state index < -0.39 is 0 Å².